The Labute approximate surface area is 237 Å². The molecule has 7 nitrogen and oxygen atoms in total. The number of likely N-dealkylation sites (tertiary alicyclic amines) is 1. The van der Waals surface area contributed by atoms with Crippen LogP contribution in [0.2, 0.25) is 0 Å². The number of rotatable bonds is 8. The van der Waals surface area contributed by atoms with Gasteiger partial charge < -0.3 is 15.1 Å². The molecule has 12 heteroatoms. The first kappa shape index (κ1) is 31.0. The lowest BCUT2D eigenvalue weighted by atomic mass is 9.81. The van der Waals surface area contributed by atoms with Gasteiger partial charge in [-0.2, -0.15) is 13.2 Å². The molecule has 1 heterocycles. The van der Waals surface area contributed by atoms with Gasteiger partial charge in [0.25, 0.3) is 5.91 Å². The minimum atomic E-state index is -4.84. The number of hydrogen-bond acceptors (Lipinski definition) is 5. The third kappa shape index (κ3) is 7.09. The van der Waals surface area contributed by atoms with Crippen LogP contribution in [0.25, 0.3) is 0 Å². The van der Waals surface area contributed by atoms with Gasteiger partial charge in [-0.25, -0.2) is 12.8 Å². The van der Waals surface area contributed by atoms with Gasteiger partial charge in [-0.15, -0.1) is 0 Å². The summed E-state index contributed by atoms with van der Waals surface area (Å²) in [4.78, 5) is 30.2. The Morgan fingerprint density at radius 3 is 2.41 bits per heavy atom. The van der Waals surface area contributed by atoms with Crippen molar-refractivity contribution in [3.05, 3.63) is 65.5 Å². The van der Waals surface area contributed by atoms with Gasteiger partial charge >= 0.3 is 6.18 Å². The molecule has 224 valence electrons. The minimum Gasteiger partial charge on any atom is -0.340 e. The van der Waals surface area contributed by atoms with E-state index in [1.54, 1.807) is 35.2 Å². The molecule has 2 aliphatic rings. The molecule has 2 aromatic rings. The van der Waals surface area contributed by atoms with Gasteiger partial charge in [0.1, 0.15) is 11.9 Å². The van der Waals surface area contributed by atoms with E-state index in [1.807, 2.05) is 7.05 Å². The van der Waals surface area contributed by atoms with Crippen LogP contribution in [0, 0.1) is 11.7 Å². The maximum atomic E-state index is 13.8. The van der Waals surface area contributed by atoms with E-state index in [0.29, 0.717) is 31.0 Å². The third-order valence-corrected chi connectivity index (χ3v) is 10.1. The van der Waals surface area contributed by atoms with Crippen molar-refractivity contribution >= 4 is 21.7 Å². The van der Waals surface area contributed by atoms with Crippen molar-refractivity contribution in [3.8, 4) is 0 Å². The normalized spacial score (nSPS) is 23.8. The zero-order valence-corrected chi connectivity index (χ0v) is 24.0. The lowest BCUT2D eigenvalue weighted by Crippen LogP contribution is -2.53. The largest absolute Gasteiger partial charge is 0.416 e. The second-order valence-electron chi connectivity index (χ2n) is 11.2. The van der Waals surface area contributed by atoms with Crippen molar-refractivity contribution in [1.29, 1.82) is 0 Å². The zero-order chi connectivity index (χ0) is 30.1. The van der Waals surface area contributed by atoms with Crippen LogP contribution in [0.4, 0.5) is 17.6 Å². The average Bonchev–Trinajstić information content (AvgIpc) is 3.26. The monoisotopic (exact) mass is 597 g/mol. The fraction of sp³-hybridized carbons (Fsp3) is 0.517. The van der Waals surface area contributed by atoms with E-state index in [2.05, 4.69) is 24.1 Å². The maximum Gasteiger partial charge on any atom is 0.416 e. The van der Waals surface area contributed by atoms with Crippen LogP contribution in [0.3, 0.4) is 0 Å². The summed E-state index contributed by atoms with van der Waals surface area (Å²) in [5.74, 6) is -3.13. The Kier molecular flexibility index (Phi) is 9.13. The van der Waals surface area contributed by atoms with Crippen molar-refractivity contribution in [1.82, 2.24) is 15.1 Å². The number of sulfone groups is 1. The number of amides is 2. The Balaban J connectivity index is 1.53. The molecule has 0 aromatic heterocycles. The topological polar surface area (TPSA) is 86.8 Å². The summed E-state index contributed by atoms with van der Waals surface area (Å²) >= 11 is 0. The lowest BCUT2D eigenvalue weighted by molar-refractivity contribution is -0.138. The van der Waals surface area contributed by atoms with Gasteiger partial charge in [0.05, 0.1) is 16.2 Å². The molecule has 0 radical (unpaired) electrons. The summed E-state index contributed by atoms with van der Waals surface area (Å²) in [6, 6.07) is 8.68. The molecule has 3 unspecified atom stereocenters. The second-order valence-corrected chi connectivity index (χ2v) is 13.3. The van der Waals surface area contributed by atoms with Crippen LogP contribution in [0.5, 0.6) is 0 Å². The number of carbonyl (C=O) groups is 2. The molecule has 1 N–H and O–H groups in total. The summed E-state index contributed by atoms with van der Waals surface area (Å²) in [5.41, 5.74) is -1.83. The Hall–Kier alpha value is -2.99. The lowest BCUT2D eigenvalue weighted by Gasteiger charge is -2.44. The molecule has 2 aromatic carbocycles. The van der Waals surface area contributed by atoms with Crippen molar-refractivity contribution in [3.63, 3.8) is 0 Å². The maximum absolute atomic E-state index is 13.8. The summed E-state index contributed by atoms with van der Waals surface area (Å²) in [6.07, 6.45) is -2.74. The number of carbonyl (C=O) groups excluding carboxylic acids is 2. The highest BCUT2D eigenvalue weighted by molar-refractivity contribution is 7.91. The number of alkyl halides is 3. The van der Waals surface area contributed by atoms with Crippen molar-refractivity contribution in [2.75, 3.05) is 19.3 Å². The van der Waals surface area contributed by atoms with E-state index >= 15 is 0 Å². The molecule has 0 spiro atoms. The second kappa shape index (κ2) is 12.1. The van der Waals surface area contributed by atoms with Gasteiger partial charge in [-0.1, -0.05) is 18.2 Å². The molecule has 4 rings (SSSR count). The molecule has 1 aliphatic heterocycles. The number of nitrogens with zero attached hydrogens (tertiary/aromatic N) is 2. The van der Waals surface area contributed by atoms with Gasteiger partial charge in [-0.3, -0.25) is 9.59 Å². The molecule has 1 saturated carbocycles. The molecule has 2 fully saturated rings. The van der Waals surface area contributed by atoms with Crippen LogP contribution >= 0.6 is 0 Å². The Bertz CT molecular complexity index is 1370. The minimum absolute atomic E-state index is 0.131. The van der Waals surface area contributed by atoms with Gasteiger partial charge in [0.15, 0.2) is 9.84 Å². The molecular formula is C29H35F4N3O4S. The Morgan fingerprint density at radius 1 is 1.10 bits per heavy atom. The molecule has 1 aliphatic carbocycles. The van der Waals surface area contributed by atoms with E-state index in [4.69, 9.17) is 0 Å². The van der Waals surface area contributed by atoms with E-state index in [0.717, 1.165) is 6.42 Å². The number of nitrogens with one attached hydrogen (secondary N) is 1. The highest BCUT2D eigenvalue weighted by Crippen LogP contribution is 2.36. The van der Waals surface area contributed by atoms with Crippen molar-refractivity contribution < 1.29 is 35.6 Å². The predicted molar refractivity (Wildman–Crippen MR) is 145 cm³/mol. The third-order valence-electron chi connectivity index (χ3n) is 8.27. The molecule has 1 saturated heterocycles. The van der Waals surface area contributed by atoms with Gasteiger partial charge in [0.2, 0.25) is 5.91 Å². The van der Waals surface area contributed by atoms with Crippen LogP contribution in [-0.4, -0.2) is 73.5 Å². The smallest absolute Gasteiger partial charge is 0.340 e. The number of hydrogen-bond donors (Lipinski definition) is 1. The first-order valence-electron chi connectivity index (χ1n) is 13.7. The summed E-state index contributed by atoms with van der Waals surface area (Å²) < 4.78 is 79.9. The predicted octanol–water partition coefficient (Wildman–Crippen LogP) is 4.53. The van der Waals surface area contributed by atoms with E-state index in [9.17, 15) is 35.6 Å². The summed E-state index contributed by atoms with van der Waals surface area (Å²) in [6.45, 7) is 4.39. The van der Waals surface area contributed by atoms with Crippen molar-refractivity contribution in [2.24, 2.45) is 5.92 Å². The summed E-state index contributed by atoms with van der Waals surface area (Å²) in [7, 11) is -1.65. The first-order valence-corrected chi connectivity index (χ1v) is 15.3. The van der Waals surface area contributed by atoms with Crippen LogP contribution in [0.1, 0.15) is 55.5 Å². The fourth-order valence-corrected chi connectivity index (χ4v) is 7.59. The molecule has 41 heavy (non-hydrogen) atoms. The SMILES string of the molecule is CC(C)N(C)C1CCC(N2CCC(NC(=O)c3cc(F)cc(C(F)(F)F)c3)C2=O)[C@H](CS(=O)(=O)c2ccccc2)C1. The van der Waals surface area contributed by atoms with Gasteiger partial charge in [0, 0.05) is 30.2 Å². The quantitative estimate of drug-likeness (QED) is 0.452. The average molecular weight is 598 g/mol. The van der Waals surface area contributed by atoms with Crippen molar-refractivity contribution in [2.45, 2.75) is 74.8 Å². The van der Waals surface area contributed by atoms with E-state index < -0.39 is 50.8 Å². The Morgan fingerprint density at radius 2 is 1.78 bits per heavy atom. The number of benzene rings is 2. The molecule has 0 bridgehead atoms. The molecular weight excluding hydrogens is 562 g/mol. The highest BCUT2D eigenvalue weighted by Gasteiger charge is 2.44. The van der Waals surface area contributed by atoms with Crippen LogP contribution in [-0.2, 0) is 20.8 Å². The first-order chi connectivity index (χ1) is 19.2. The van der Waals surface area contributed by atoms with Crippen LogP contribution < -0.4 is 5.32 Å². The standard InChI is InChI=1S/C29H35F4N3O4S/c1-18(2)35(3)23-9-10-26(20(15-23)17-41(39,40)24-7-5-4-6-8-24)36-12-11-25(28(36)38)34-27(37)19-13-21(29(31,32)33)16-22(30)14-19/h4-8,13-14,16,18,20,23,25-26H,9-12,15,17H2,1-3H3,(H,34,37)/t20-,23?,25?,26?/m0/s1. The molecule has 2 amide bonds. The number of halogens is 4. The van der Waals surface area contributed by atoms with Crippen LogP contribution in [0.15, 0.2) is 53.4 Å². The molecule has 4 atom stereocenters. The zero-order valence-electron chi connectivity index (χ0n) is 23.2. The summed E-state index contributed by atoms with van der Waals surface area (Å²) in [5, 5.41) is 2.46. The fourth-order valence-electron chi connectivity index (χ4n) is 5.90. The van der Waals surface area contributed by atoms with E-state index in [-0.39, 0.29) is 47.7 Å². The van der Waals surface area contributed by atoms with E-state index in [1.165, 1.54) is 0 Å². The highest BCUT2D eigenvalue weighted by atomic mass is 32.2. The van der Waals surface area contributed by atoms with Gasteiger partial charge in [-0.05, 0) is 82.8 Å².